The smallest absolute Gasteiger partial charge is 0.223 e. The zero-order chi connectivity index (χ0) is 17.8. The molecule has 1 aliphatic heterocycles. The van der Waals surface area contributed by atoms with Gasteiger partial charge in [-0.25, -0.2) is 0 Å². The van der Waals surface area contributed by atoms with E-state index in [1.807, 2.05) is 17.9 Å². The molecule has 3 rings (SSSR count). The lowest BCUT2D eigenvalue weighted by atomic mass is 10.1. The maximum absolute atomic E-state index is 12.6. The summed E-state index contributed by atoms with van der Waals surface area (Å²) >= 11 is 0. The maximum Gasteiger partial charge on any atom is 0.223 e. The highest BCUT2D eigenvalue weighted by molar-refractivity contribution is 5.98. The topological polar surface area (TPSA) is 72.6 Å². The summed E-state index contributed by atoms with van der Waals surface area (Å²) in [5, 5.41) is 4.04. The van der Waals surface area contributed by atoms with E-state index < -0.39 is 0 Å². The minimum Gasteiger partial charge on any atom is -0.497 e. The Morgan fingerprint density at radius 1 is 1.28 bits per heavy atom. The van der Waals surface area contributed by atoms with Crippen LogP contribution in [0.15, 0.2) is 34.9 Å². The molecule has 2 aromatic rings. The second-order valence-corrected chi connectivity index (χ2v) is 6.26. The number of benzene rings is 1. The molecule has 6 nitrogen and oxygen atoms in total. The number of methoxy groups -OCH3 is 1. The Kier molecular flexibility index (Phi) is 5.16. The number of carbonyl (C=O) groups excluding carboxylic acids is 2. The number of likely N-dealkylation sites (tertiary alicyclic amines) is 1. The van der Waals surface area contributed by atoms with Crippen LogP contribution >= 0.6 is 0 Å². The molecule has 1 aliphatic rings. The molecule has 132 valence electrons. The first-order valence-corrected chi connectivity index (χ1v) is 8.48. The van der Waals surface area contributed by atoms with E-state index in [1.165, 1.54) is 0 Å². The van der Waals surface area contributed by atoms with Crippen molar-refractivity contribution in [1.82, 2.24) is 10.1 Å². The summed E-state index contributed by atoms with van der Waals surface area (Å²) in [6.07, 6.45) is 2.23. The standard InChI is InChI=1S/C19H22N2O4/c1-13-12-16(20-25-13)17-4-3-11-21(17)19(23)10-9-18(22)14-5-7-15(24-2)8-6-14/h5-8,12,17H,3-4,9-11H2,1-2H3/t17-/m1/s1. The second-order valence-electron chi connectivity index (χ2n) is 6.26. The van der Waals surface area contributed by atoms with E-state index >= 15 is 0 Å². The van der Waals surface area contributed by atoms with Crippen molar-refractivity contribution in [2.75, 3.05) is 13.7 Å². The number of amides is 1. The van der Waals surface area contributed by atoms with Crippen LogP contribution in [0.2, 0.25) is 0 Å². The third-order valence-corrected chi connectivity index (χ3v) is 4.54. The van der Waals surface area contributed by atoms with Crippen LogP contribution in [0.3, 0.4) is 0 Å². The lowest BCUT2D eigenvalue weighted by Crippen LogP contribution is -2.30. The van der Waals surface area contributed by atoms with Crippen LogP contribution in [0.5, 0.6) is 5.75 Å². The number of nitrogens with zero attached hydrogens (tertiary/aromatic N) is 2. The summed E-state index contributed by atoms with van der Waals surface area (Å²) in [6.45, 7) is 2.54. The summed E-state index contributed by atoms with van der Waals surface area (Å²) < 4.78 is 10.2. The molecular weight excluding hydrogens is 320 g/mol. The minimum atomic E-state index is -0.0407. The van der Waals surface area contributed by atoms with Crippen LogP contribution in [0, 0.1) is 6.92 Å². The van der Waals surface area contributed by atoms with E-state index in [9.17, 15) is 9.59 Å². The van der Waals surface area contributed by atoms with E-state index in [0.717, 1.165) is 24.3 Å². The Labute approximate surface area is 146 Å². The molecule has 0 bridgehead atoms. The summed E-state index contributed by atoms with van der Waals surface area (Å²) in [5.74, 6) is 1.40. The Balaban J connectivity index is 1.58. The first-order chi connectivity index (χ1) is 12.1. The van der Waals surface area contributed by atoms with E-state index in [0.29, 0.717) is 17.9 Å². The van der Waals surface area contributed by atoms with E-state index in [1.54, 1.807) is 31.4 Å². The third kappa shape index (κ3) is 3.90. The van der Waals surface area contributed by atoms with Crippen LogP contribution < -0.4 is 4.74 Å². The number of rotatable bonds is 6. The molecule has 1 amide bonds. The van der Waals surface area contributed by atoms with Gasteiger partial charge in [0.1, 0.15) is 17.2 Å². The maximum atomic E-state index is 12.6. The van der Waals surface area contributed by atoms with Crippen LogP contribution in [-0.2, 0) is 4.79 Å². The van der Waals surface area contributed by atoms with E-state index in [-0.39, 0.29) is 30.6 Å². The lowest BCUT2D eigenvalue weighted by Gasteiger charge is -2.22. The molecular formula is C19H22N2O4. The fourth-order valence-electron chi connectivity index (χ4n) is 3.20. The number of aromatic nitrogens is 1. The van der Waals surface area contributed by atoms with Crippen molar-refractivity contribution in [2.45, 2.75) is 38.6 Å². The van der Waals surface area contributed by atoms with Gasteiger partial charge in [0.15, 0.2) is 5.78 Å². The molecule has 2 heterocycles. The average molecular weight is 342 g/mol. The molecule has 6 heteroatoms. The average Bonchev–Trinajstić information content (AvgIpc) is 3.28. The largest absolute Gasteiger partial charge is 0.497 e. The van der Waals surface area contributed by atoms with Gasteiger partial charge in [0.2, 0.25) is 5.91 Å². The van der Waals surface area contributed by atoms with Crippen molar-refractivity contribution >= 4 is 11.7 Å². The highest BCUT2D eigenvalue weighted by atomic mass is 16.5. The predicted molar refractivity (Wildman–Crippen MR) is 91.5 cm³/mol. The van der Waals surface area contributed by atoms with Gasteiger partial charge in [-0.1, -0.05) is 5.16 Å². The summed E-state index contributed by atoms with van der Waals surface area (Å²) in [5.41, 5.74) is 1.39. The Morgan fingerprint density at radius 3 is 2.68 bits per heavy atom. The van der Waals surface area contributed by atoms with Gasteiger partial charge in [-0.05, 0) is 44.0 Å². The number of ketones is 1. The molecule has 25 heavy (non-hydrogen) atoms. The van der Waals surface area contributed by atoms with Crippen molar-refractivity contribution in [3.8, 4) is 5.75 Å². The molecule has 1 saturated heterocycles. The van der Waals surface area contributed by atoms with Crippen molar-refractivity contribution in [2.24, 2.45) is 0 Å². The number of carbonyl (C=O) groups is 2. The SMILES string of the molecule is COc1ccc(C(=O)CCC(=O)N2CCC[C@@H]2c2cc(C)on2)cc1. The quantitative estimate of drug-likeness (QED) is 0.753. The van der Waals surface area contributed by atoms with Gasteiger partial charge in [0.25, 0.3) is 0 Å². The van der Waals surface area contributed by atoms with Crippen LogP contribution in [0.1, 0.15) is 53.5 Å². The van der Waals surface area contributed by atoms with Crippen LogP contribution in [0.25, 0.3) is 0 Å². The van der Waals surface area contributed by atoms with Gasteiger partial charge >= 0.3 is 0 Å². The molecule has 0 N–H and O–H groups in total. The number of hydrogen-bond donors (Lipinski definition) is 0. The van der Waals surface area contributed by atoms with Gasteiger partial charge in [-0.3, -0.25) is 9.59 Å². The zero-order valence-corrected chi connectivity index (χ0v) is 14.5. The van der Waals surface area contributed by atoms with Crippen molar-refractivity contribution < 1.29 is 18.8 Å². The molecule has 1 fully saturated rings. The van der Waals surface area contributed by atoms with Crippen LogP contribution in [-0.4, -0.2) is 35.4 Å². The monoisotopic (exact) mass is 342 g/mol. The molecule has 1 atom stereocenters. The fraction of sp³-hybridized carbons (Fsp3) is 0.421. The predicted octanol–water partition coefficient (Wildman–Crippen LogP) is 3.32. The van der Waals surface area contributed by atoms with E-state index in [2.05, 4.69) is 5.16 Å². The Bertz CT molecular complexity index is 751. The van der Waals surface area contributed by atoms with Crippen molar-refractivity contribution in [1.29, 1.82) is 0 Å². The van der Waals surface area contributed by atoms with Crippen LogP contribution in [0.4, 0.5) is 0 Å². The third-order valence-electron chi connectivity index (χ3n) is 4.54. The van der Waals surface area contributed by atoms with Gasteiger partial charge in [-0.15, -0.1) is 0 Å². The number of hydrogen-bond acceptors (Lipinski definition) is 5. The minimum absolute atomic E-state index is 0.00925. The number of Topliss-reactive ketones (excluding diaryl/α,β-unsaturated/α-hetero) is 1. The highest BCUT2D eigenvalue weighted by Crippen LogP contribution is 2.32. The Hall–Kier alpha value is -2.63. The van der Waals surface area contributed by atoms with E-state index in [4.69, 9.17) is 9.26 Å². The van der Waals surface area contributed by atoms with Gasteiger partial charge in [-0.2, -0.15) is 0 Å². The molecule has 0 unspecified atom stereocenters. The molecule has 0 saturated carbocycles. The first kappa shape index (κ1) is 17.2. The molecule has 1 aromatic carbocycles. The molecule has 0 spiro atoms. The normalized spacial score (nSPS) is 16.9. The van der Waals surface area contributed by atoms with Gasteiger partial charge < -0.3 is 14.2 Å². The Morgan fingerprint density at radius 2 is 2.04 bits per heavy atom. The lowest BCUT2D eigenvalue weighted by molar-refractivity contribution is -0.132. The molecule has 0 aliphatic carbocycles. The molecule has 1 aromatic heterocycles. The summed E-state index contributed by atoms with van der Waals surface area (Å²) in [6, 6.07) is 8.78. The number of ether oxygens (including phenoxy) is 1. The van der Waals surface area contributed by atoms with Gasteiger partial charge in [0, 0.05) is 31.0 Å². The van der Waals surface area contributed by atoms with Crippen molar-refractivity contribution in [3.63, 3.8) is 0 Å². The van der Waals surface area contributed by atoms with Crippen molar-refractivity contribution in [3.05, 3.63) is 47.3 Å². The summed E-state index contributed by atoms with van der Waals surface area (Å²) in [4.78, 5) is 26.7. The highest BCUT2D eigenvalue weighted by Gasteiger charge is 2.31. The summed E-state index contributed by atoms with van der Waals surface area (Å²) in [7, 11) is 1.58. The van der Waals surface area contributed by atoms with Gasteiger partial charge in [0.05, 0.1) is 13.2 Å². The first-order valence-electron chi connectivity index (χ1n) is 8.48. The molecule has 0 radical (unpaired) electrons. The fourth-order valence-corrected chi connectivity index (χ4v) is 3.20. The number of aryl methyl sites for hydroxylation is 1. The second kappa shape index (κ2) is 7.51. The zero-order valence-electron chi connectivity index (χ0n) is 14.5.